The molecule has 8 atom stereocenters. The fourth-order valence-corrected chi connectivity index (χ4v) is 5.35. The number of hydrogen-bond acceptors (Lipinski definition) is 13. The van der Waals surface area contributed by atoms with E-state index in [1.54, 1.807) is 24.3 Å². The summed E-state index contributed by atoms with van der Waals surface area (Å²) in [5.74, 6) is 0.517. The van der Waals surface area contributed by atoms with Crippen molar-refractivity contribution in [3.63, 3.8) is 0 Å². The summed E-state index contributed by atoms with van der Waals surface area (Å²) < 4.78 is 39.1. The molecule has 0 amide bonds. The van der Waals surface area contributed by atoms with Crippen LogP contribution in [0.25, 0.3) is 0 Å². The van der Waals surface area contributed by atoms with E-state index in [2.05, 4.69) is 0 Å². The number of aliphatic hydroxyl groups is 5. The van der Waals surface area contributed by atoms with Gasteiger partial charge >= 0.3 is 0 Å². The van der Waals surface area contributed by atoms with Crippen LogP contribution in [0, 0.1) is 11.8 Å². The van der Waals surface area contributed by atoms with Crippen molar-refractivity contribution in [2.24, 2.45) is 11.8 Å². The minimum atomic E-state index is -1.63. The molecule has 0 bridgehead atoms. The number of rotatable bonds is 11. The van der Waals surface area contributed by atoms with E-state index >= 15 is 0 Å². The number of methoxy groups -OCH3 is 4. The lowest BCUT2D eigenvalue weighted by molar-refractivity contribution is -0.277. The minimum Gasteiger partial charge on any atom is -0.502 e. The van der Waals surface area contributed by atoms with Crippen LogP contribution < -0.4 is 23.7 Å². The average molecular weight is 583 g/mol. The monoisotopic (exact) mass is 582 g/mol. The summed E-state index contributed by atoms with van der Waals surface area (Å²) in [5, 5.41) is 60.8. The van der Waals surface area contributed by atoms with E-state index < -0.39 is 43.4 Å². The predicted octanol–water partition coefficient (Wildman–Crippen LogP) is 0.144. The first kappa shape index (κ1) is 30.9. The molecule has 2 saturated heterocycles. The average Bonchev–Trinajstić information content (AvgIpc) is 3.40. The molecule has 13 nitrogen and oxygen atoms in total. The van der Waals surface area contributed by atoms with Gasteiger partial charge in [0.05, 0.1) is 47.8 Å². The van der Waals surface area contributed by atoms with Crippen molar-refractivity contribution in [1.29, 1.82) is 0 Å². The summed E-state index contributed by atoms with van der Waals surface area (Å²) in [4.78, 5) is 0. The molecule has 228 valence electrons. The Morgan fingerprint density at radius 1 is 0.780 bits per heavy atom. The third-order valence-electron chi connectivity index (χ3n) is 7.63. The van der Waals surface area contributed by atoms with Gasteiger partial charge in [0.1, 0.15) is 24.4 Å². The third kappa shape index (κ3) is 6.11. The Kier molecular flexibility index (Phi) is 10.0. The van der Waals surface area contributed by atoms with Gasteiger partial charge in [0.25, 0.3) is 0 Å². The molecule has 4 rings (SSSR count). The first-order valence-electron chi connectivity index (χ1n) is 13.1. The standard InChI is InChI=1S/C28H38O13/c1-35-17-6-13(7-18(36-2)22(17)31)5-15-12-39-26(16(15)10-29)14-8-19(37-3)27(20(9-14)38-4)41-28-25(34)24(33)23(32)21(11-30)40-28/h6-9,15-16,21,23-26,28-34H,5,10-12H2,1-4H3/t15-,16-,21-,23-,24+,25-,26-,28-/m1/s1. The van der Waals surface area contributed by atoms with Gasteiger partial charge in [-0.1, -0.05) is 0 Å². The van der Waals surface area contributed by atoms with Gasteiger partial charge in [-0.2, -0.15) is 0 Å². The maximum atomic E-state index is 10.4. The number of hydrogen-bond donors (Lipinski definition) is 6. The van der Waals surface area contributed by atoms with Gasteiger partial charge in [-0.05, 0) is 47.7 Å². The van der Waals surface area contributed by atoms with Gasteiger partial charge in [0.15, 0.2) is 23.0 Å². The van der Waals surface area contributed by atoms with Crippen molar-refractivity contribution < 1.29 is 63.8 Å². The number of phenols is 1. The molecule has 2 aromatic rings. The fourth-order valence-electron chi connectivity index (χ4n) is 5.35. The number of aromatic hydroxyl groups is 1. The van der Waals surface area contributed by atoms with E-state index in [-0.39, 0.29) is 52.9 Å². The van der Waals surface area contributed by atoms with Crippen LogP contribution in [0.2, 0.25) is 0 Å². The first-order valence-corrected chi connectivity index (χ1v) is 13.1. The smallest absolute Gasteiger partial charge is 0.229 e. The molecule has 2 aliphatic heterocycles. The molecule has 13 heteroatoms. The fraction of sp³-hybridized carbons (Fsp3) is 0.571. The first-order chi connectivity index (χ1) is 19.7. The van der Waals surface area contributed by atoms with E-state index in [4.69, 9.17) is 33.2 Å². The Morgan fingerprint density at radius 3 is 1.88 bits per heavy atom. The molecule has 0 aromatic heterocycles. The van der Waals surface area contributed by atoms with Crippen LogP contribution in [0.5, 0.6) is 34.5 Å². The Hall–Kier alpha value is -3.04. The molecular weight excluding hydrogens is 544 g/mol. The number of ether oxygens (including phenoxy) is 7. The Morgan fingerprint density at radius 2 is 1.37 bits per heavy atom. The molecule has 0 unspecified atom stereocenters. The molecule has 41 heavy (non-hydrogen) atoms. The number of aliphatic hydroxyl groups excluding tert-OH is 5. The summed E-state index contributed by atoms with van der Waals surface area (Å²) in [6, 6.07) is 6.75. The van der Waals surface area contributed by atoms with Crippen LogP contribution in [-0.2, 0) is 15.9 Å². The molecule has 2 aliphatic rings. The largest absolute Gasteiger partial charge is 0.502 e. The van der Waals surface area contributed by atoms with Crippen molar-refractivity contribution in [3.05, 3.63) is 35.4 Å². The Bertz CT molecular complexity index is 1120. The normalized spacial score (nSPS) is 29.7. The van der Waals surface area contributed by atoms with E-state index in [1.165, 1.54) is 28.4 Å². The molecule has 0 aliphatic carbocycles. The maximum Gasteiger partial charge on any atom is 0.229 e. The van der Waals surface area contributed by atoms with Gasteiger partial charge in [-0.3, -0.25) is 0 Å². The topological polar surface area (TPSA) is 186 Å². The number of phenolic OH excluding ortho intramolecular Hbond substituents is 1. The maximum absolute atomic E-state index is 10.4. The second kappa shape index (κ2) is 13.3. The van der Waals surface area contributed by atoms with Gasteiger partial charge in [0, 0.05) is 12.5 Å². The summed E-state index contributed by atoms with van der Waals surface area (Å²) in [6.45, 7) is -0.435. The predicted molar refractivity (Wildman–Crippen MR) is 142 cm³/mol. The highest BCUT2D eigenvalue weighted by molar-refractivity contribution is 5.55. The lowest BCUT2D eigenvalue weighted by atomic mass is 9.84. The third-order valence-corrected chi connectivity index (χ3v) is 7.63. The van der Waals surface area contributed by atoms with Gasteiger partial charge in [-0.15, -0.1) is 0 Å². The van der Waals surface area contributed by atoms with Crippen molar-refractivity contribution in [2.75, 3.05) is 48.3 Å². The molecule has 2 aromatic carbocycles. The summed E-state index contributed by atoms with van der Waals surface area (Å²) in [6.07, 6.45) is -7.40. The van der Waals surface area contributed by atoms with Crippen molar-refractivity contribution in [1.82, 2.24) is 0 Å². The Labute approximate surface area is 237 Å². The molecule has 2 fully saturated rings. The van der Waals surface area contributed by atoms with Crippen LogP contribution in [0.3, 0.4) is 0 Å². The second-order valence-electron chi connectivity index (χ2n) is 9.98. The summed E-state index contributed by atoms with van der Waals surface area (Å²) in [5.41, 5.74) is 1.48. The zero-order chi connectivity index (χ0) is 29.8. The summed E-state index contributed by atoms with van der Waals surface area (Å²) >= 11 is 0. The van der Waals surface area contributed by atoms with Crippen molar-refractivity contribution in [3.8, 4) is 34.5 Å². The van der Waals surface area contributed by atoms with Crippen LogP contribution in [0.4, 0.5) is 0 Å². The zero-order valence-corrected chi connectivity index (χ0v) is 23.3. The van der Waals surface area contributed by atoms with Crippen LogP contribution in [0.1, 0.15) is 17.2 Å². The van der Waals surface area contributed by atoms with Crippen LogP contribution in [0.15, 0.2) is 24.3 Å². The summed E-state index contributed by atoms with van der Waals surface area (Å²) in [7, 11) is 5.72. The SMILES string of the molecule is COc1cc(C[C@@H]2CO[C@H](c3cc(OC)c(O[C@H]4O[C@H](CO)[C@@H](O)[C@H](O)[C@H]4O)c(OC)c3)[C@@H]2CO)cc(OC)c1O. The molecule has 2 heterocycles. The number of benzene rings is 2. The van der Waals surface area contributed by atoms with Gasteiger partial charge in [0.2, 0.25) is 17.8 Å². The van der Waals surface area contributed by atoms with E-state index in [9.17, 15) is 30.6 Å². The molecule has 0 saturated carbocycles. The highest BCUT2D eigenvalue weighted by Gasteiger charge is 2.45. The van der Waals surface area contributed by atoms with Crippen LogP contribution >= 0.6 is 0 Å². The lowest BCUT2D eigenvalue weighted by Crippen LogP contribution is -2.60. The molecule has 0 radical (unpaired) electrons. The van der Waals surface area contributed by atoms with Crippen LogP contribution in [-0.4, -0.2) is 110 Å². The Balaban J connectivity index is 1.59. The zero-order valence-electron chi connectivity index (χ0n) is 23.3. The highest BCUT2D eigenvalue weighted by atomic mass is 16.7. The molecule has 6 N–H and O–H groups in total. The quantitative estimate of drug-likeness (QED) is 0.210. The minimum absolute atomic E-state index is 0.0569. The molecular formula is C28H38O13. The van der Waals surface area contributed by atoms with E-state index in [0.717, 1.165) is 5.56 Å². The van der Waals surface area contributed by atoms with Gasteiger partial charge in [-0.25, -0.2) is 0 Å². The highest BCUT2D eigenvalue weighted by Crippen LogP contribution is 2.47. The second-order valence-corrected chi connectivity index (χ2v) is 9.98. The van der Waals surface area contributed by atoms with Crippen molar-refractivity contribution >= 4 is 0 Å². The van der Waals surface area contributed by atoms with E-state index in [0.29, 0.717) is 18.6 Å². The molecule has 0 spiro atoms. The lowest BCUT2D eigenvalue weighted by Gasteiger charge is -2.39. The van der Waals surface area contributed by atoms with Crippen molar-refractivity contribution in [2.45, 2.75) is 43.2 Å². The van der Waals surface area contributed by atoms with Gasteiger partial charge < -0.3 is 63.8 Å². The van der Waals surface area contributed by atoms with E-state index in [1.807, 2.05) is 0 Å².